The number of halogens is 1. The number of ether oxygens (including phenoxy) is 2. The van der Waals surface area contributed by atoms with E-state index in [1.54, 1.807) is 14.2 Å². The number of rotatable bonds is 8. The van der Waals surface area contributed by atoms with Gasteiger partial charge in [-0.2, -0.15) is 5.10 Å². The second kappa shape index (κ2) is 11.9. The molecular weight excluding hydrogens is 473 g/mol. The lowest BCUT2D eigenvalue weighted by Crippen LogP contribution is -2.50. The molecule has 1 aromatic rings. The van der Waals surface area contributed by atoms with Crippen LogP contribution in [0.1, 0.15) is 30.9 Å². The molecule has 9 nitrogen and oxygen atoms in total. The van der Waals surface area contributed by atoms with E-state index < -0.39 is 0 Å². The van der Waals surface area contributed by atoms with Crippen molar-refractivity contribution in [3.63, 3.8) is 0 Å². The zero-order valence-electron chi connectivity index (χ0n) is 17.2. The second-order valence-corrected chi connectivity index (χ2v) is 7.22. The normalized spacial score (nSPS) is 22.6. The molecule has 10 heteroatoms. The minimum atomic E-state index is 0. The number of likely N-dealkylation sites (tertiary alicyclic amines) is 1. The minimum Gasteiger partial charge on any atom is -0.383 e. The van der Waals surface area contributed by atoms with Crippen molar-refractivity contribution < 1.29 is 9.47 Å². The van der Waals surface area contributed by atoms with Crippen LogP contribution in [0.2, 0.25) is 0 Å². The molecule has 2 N–H and O–H groups in total. The highest BCUT2D eigenvalue weighted by Gasteiger charge is 2.25. The highest BCUT2D eigenvalue weighted by molar-refractivity contribution is 14.0. The van der Waals surface area contributed by atoms with Crippen LogP contribution in [0.4, 0.5) is 0 Å². The van der Waals surface area contributed by atoms with E-state index >= 15 is 0 Å². The van der Waals surface area contributed by atoms with Gasteiger partial charge in [-0.3, -0.25) is 9.89 Å². The molecule has 3 rings (SSSR count). The molecule has 0 bridgehead atoms. The Bertz CT molecular complexity index is 625. The molecule has 1 aromatic heterocycles. The molecule has 1 saturated heterocycles. The summed E-state index contributed by atoms with van der Waals surface area (Å²) in [5.41, 5.74) is 0. The van der Waals surface area contributed by atoms with Crippen molar-refractivity contribution >= 4 is 29.9 Å². The molecule has 0 radical (unpaired) electrons. The van der Waals surface area contributed by atoms with Crippen molar-refractivity contribution in [2.24, 2.45) is 4.99 Å². The van der Waals surface area contributed by atoms with Crippen LogP contribution in [-0.4, -0.2) is 85.2 Å². The largest absolute Gasteiger partial charge is 0.383 e. The Hall–Kier alpha value is -0.980. The van der Waals surface area contributed by atoms with Crippen LogP contribution < -0.4 is 10.6 Å². The van der Waals surface area contributed by atoms with Crippen molar-refractivity contribution in [2.45, 2.75) is 50.9 Å². The number of nitrogens with one attached hydrogen (secondary N) is 2. The number of guanidine groups is 1. The van der Waals surface area contributed by atoms with E-state index in [2.05, 4.69) is 30.6 Å². The summed E-state index contributed by atoms with van der Waals surface area (Å²) < 4.78 is 12.4. The Morgan fingerprint density at radius 1 is 1.29 bits per heavy atom. The Morgan fingerprint density at radius 2 is 2.14 bits per heavy atom. The van der Waals surface area contributed by atoms with Gasteiger partial charge in [0, 0.05) is 52.9 Å². The van der Waals surface area contributed by atoms with E-state index in [0.29, 0.717) is 18.7 Å². The smallest absolute Gasteiger partial charge is 0.191 e. The first kappa shape index (κ1) is 23.3. The maximum atomic E-state index is 5.23. The van der Waals surface area contributed by atoms with Gasteiger partial charge in [0.05, 0.1) is 13.2 Å². The lowest BCUT2D eigenvalue weighted by molar-refractivity contribution is 0.141. The fourth-order valence-corrected chi connectivity index (χ4v) is 3.90. The average Bonchev–Trinajstić information content (AvgIpc) is 3.29. The molecule has 2 aliphatic rings. The van der Waals surface area contributed by atoms with Crippen LogP contribution in [0.5, 0.6) is 0 Å². The summed E-state index contributed by atoms with van der Waals surface area (Å²) in [4.78, 5) is 11.4. The lowest BCUT2D eigenvalue weighted by atomic mass is 10.1. The van der Waals surface area contributed by atoms with Gasteiger partial charge in [0.2, 0.25) is 0 Å². The summed E-state index contributed by atoms with van der Waals surface area (Å²) >= 11 is 0. The van der Waals surface area contributed by atoms with E-state index in [9.17, 15) is 0 Å². The molecule has 0 spiro atoms. The van der Waals surface area contributed by atoms with E-state index in [0.717, 1.165) is 63.2 Å². The lowest BCUT2D eigenvalue weighted by Gasteiger charge is -2.28. The van der Waals surface area contributed by atoms with Crippen molar-refractivity contribution in [3.8, 4) is 0 Å². The number of methoxy groups -OCH3 is 2. The van der Waals surface area contributed by atoms with Crippen molar-refractivity contribution in [1.82, 2.24) is 30.3 Å². The molecule has 1 fully saturated rings. The molecule has 0 aromatic carbocycles. The van der Waals surface area contributed by atoms with Gasteiger partial charge in [-0.15, -0.1) is 24.0 Å². The standard InChI is InChI=1S/C18H33N7O2.HI/c1-19-18(20-11-15-5-4-8-24(15)9-10-26-2)21-14-6-7-17-22-16(13-27-3)23-25(17)12-14;/h14-15H,4-13H2,1-3H3,(H2,19,20,21);1H. The third-order valence-corrected chi connectivity index (χ3v) is 5.33. The zero-order valence-corrected chi connectivity index (χ0v) is 19.5. The number of aliphatic imine (C=N–C) groups is 1. The van der Waals surface area contributed by atoms with Crippen LogP contribution >= 0.6 is 24.0 Å². The molecule has 0 aliphatic carbocycles. The summed E-state index contributed by atoms with van der Waals surface area (Å²) in [5, 5.41) is 11.6. The Balaban J connectivity index is 0.00000280. The predicted octanol–water partition coefficient (Wildman–Crippen LogP) is 0.633. The molecule has 0 amide bonds. The number of aromatic nitrogens is 3. The summed E-state index contributed by atoms with van der Waals surface area (Å²) in [6.45, 7) is 5.11. The van der Waals surface area contributed by atoms with Crippen molar-refractivity contribution in [1.29, 1.82) is 0 Å². The van der Waals surface area contributed by atoms with Gasteiger partial charge in [-0.05, 0) is 25.8 Å². The number of fused-ring (bicyclic) bond motifs is 1. The molecule has 3 heterocycles. The number of aryl methyl sites for hydroxylation is 1. The van der Waals surface area contributed by atoms with E-state index in [4.69, 9.17) is 9.47 Å². The van der Waals surface area contributed by atoms with Gasteiger partial charge >= 0.3 is 0 Å². The molecule has 2 atom stereocenters. The van der Waals surface area contributed by atoms with Crippen LogP contribution in [-0.2, 0) is 29.0 Å². The summed E-state index contributed by atoms with van der Waals surface area (Å²) in [7, 11) is 5.26. The fourth-order valence-electron chi connectivity index (χ4n) is 3.90. The zero-order chi connectivity index (χ0) is 19.1. The average molecular weight is 507 g/mol. The molecule has 2 unspecified atom stereocenters. The van der Waals surface area contributed by atoms with E-state index in [1.807, 2.05) is 11.7 Å². The first-order valence-corrected chi connectivity index (χ1v) is 9.85. The van der Waals surface area contributed by atoms with E-state index in [1.165, 1.54) is 12.8 Å². The van der Waals surface area contributed by atoms with Gasteiger partial charge in [-0.1, -0.05) is 0 Å². The Kier molecular flexibility index (Phi) is 9.89. The highest BCUT2D eigenvalue weighted by atomic mass is 127. The third kappa shape index (κ3) is 6.26. The molecular formula is C18H34IN7O2. The van der Waals surface area contributed by atoms with Crippen molar-refractivity contribution in [2.75, 3.05) is 47.5 Å². The summed E-state index contributed by atoms with van der Waals surface area (Å²) in [6, 6.07) is 0.845. The second-order valence-electron chi connectivity index (χ2n) is 7.22. The summed E-state index contributed by atoms with van der Waals surface area (Å²) in [6.07, 6.45) is 4.42. The molecule has 0 saturated carbocycles. The van der Waals surface area contributed by atoms with Crippen LogP contribution in [0.25, 0.3) is 0 Å². The van der Waals surface area contributed by atoms with Gasteiger partial charge in [0.25, 0.3) is 0 Å². The van der Waals surface area contributed by atoms with Gasteiger partial charge in [0.1, 0.15) is 12.4 Å². The minimum absolute atomic E-state index is 0. The molecule has 28 heavy (non-hydrogen) atoms. The first-order chi connectivity index (χ1) is 13.2. The first-order valence-electron chi connectivity index (χ1n) is 9.85. The highest BCUT2D eigenvalue weighted by Crippen LogP contribution is 2.16. The fraction of sp³-hybridized carbons (Fsp3) is 0.833. The van der Waals surface area contributed by atoms with Gasteiger partial charge in [0.15, 0.2) is 11.8 Å². The third-order valence-electron chi connectivity index (χ3n) is 5.33. The summed E-state index contributed by atoms with van der Waals surface area (Å²) in [5.74, 6) is 2.66. The van der Waals surface area contributed by atoms with Gasteiger partial charge in [-0.25, -0.2) is 9.67 Å². The topological polar surface area (TPSA) is 88.8 Å². The van der Waals surface area contributed by atoms with Crippen LogP contribution in [0.15, 0.2) is 4.99 Å². The van der Waals surface area contributed by atoms with Crippen LogP contribution in [0, 0.1) is 0 Å². The Morgan fingerprint density at radius 3 is 2.89 bits per heavy atom. The monoisotopic (exact) mass is 507 g/mol. The Labute approximate surface area is 184 Å². The maximum Gasteiger partial charge on any atom is 0.191 e. The quantitative estimate of drug-likeness (QED) is 0.303. The van der Waals surface area contributed by atoms with Crippen LogP contribution in [0.3, 0.4) is 0 Å². The number of hydrogen-bond acceptors (Lipinski definition) is 6. The van der Waals surface area contributed by atoms with Crippen molar-refractivity contribution in [3.05, 3.63) is 11.6 Å². The SMILES string of the molecule is CN=C(NCC1CCCN1CCOC)NC1CCc2nc(COC)nn2C1.I. The van der Waals surface area contributed by atoms with E-state index in [-0.39, 0.29) is 24.0 Å². The molecule has 160 valence electrons. The molecule has 2 aliphatic heterocycles. The van der Waals surface area contributed by atoms with Gasteiger partial charge < -0.3 is 20.1 Å². The maximum absolute atomic E-state index is 5.23. The predicted molar refractivity (Wildman–Crippen MR) is 119 cm³/mol. The number of nitrogens with zero attached hydrogens (tertiary/aromatic N) is 5. The number of hydrogen-bond donors (Lipinski definition) is 2.